The van der Waals surface area contributed by atoms with Crippen LogP contribution in [0.15, 0.2) is 67.0 Å². The quantitative estimate of drug-likeness (QED) is 0.837. The third kappa shape index (κ3) is 6.11. The van der Waals surface area contributed by atoms with Gasteiger partial charge in [0.2, 0.25) is 0 Å². The minimum absolute atomic E-state index is 0.558. The molecule has 0 aliphatic heterocycles. The average Bonchev–Trinajstić information content (AvgIpc) is 2.48. The van der Waals surface area contributed by atoms with E-state index in [4.69, 9.17) is 10.2 Å². The zero-order valence-electron chi connectivity index (χ0n) is 10.5. The van der Waals surface area contributed by atoms with Crippen molar-refractivity contribution < 1.29 is 19.8 Å². The first kappa shape index (κ1) is 15.1. The Bertz CT molecular complexity index is 526. The van der Waals surface area contributed by atoms with Crippen LogP contribution in [-0.2, 0) is 9.59 Å². The van der Waals surface area contributed by atoms with Crippen LogP contribution < -0.4 is 0 Å². The summed E-state index contributed by atoms with van der Waals surface area (Å²) < 4.78 is 0. The Morgan fingerprint density at radius 2 is 1.40 bits per heavy atom. The summed E-state index contributed by atoms with van der Waals surface area (Å²) in [5.41, 5.74) is 2.38. The summed E-state index contributed by atoms with van der Waals surface area (Å²) in [5, 5.41) is 15.6. The zero-order chi connectivity index (χ0) is 14.8. The van der Waals surface area contributed by atoms with Gasteiger partial charge < -0.3 is 10.2 Å². The Balaban J connectivity index is 0.000000221. The molecule has 0 aliphatic rings. The summed E-state index contributed by atoms with van der Waals surface area (Å²) in [5.74, 6) is -2.51. The van der Waals surface area contributed by atoms with Crippen LogP contribution in [0.25, 0.3) is 11.1 Å². The molecular weight excluding hydrogens is 258 g/mol. The Morgan fingerprint density at radius 3 is 1.85 bits per heavy atom. The van der Waals surface area contributed by atoms with Crippen molar-refractivity contribution in [3.63, 3.8) is 0 Å². The van der Waals surface area contributed by atoms with Gasteiger partial charge in [-0.25, -0.2) is 9.59 Å². The standard InChI is InChI=1S/C11H9N.C4H4O4/c1-2-5-10(6-3-1)11-7-4-8-12-9-11;5-3(6)1-2-4(7)8/h1-9H;1-2H,(H,5,6)(H,7,8)/b;2-1-. The van der Waals surface area contributed by atoms with Crippen molar-refractivity contribution in [2.45, 2.75) is 0 Å². The van der Waals surface area contributed by atoms with Crippen molar-refractivity contribution in [3.05, 3.63) is 67.0 Å². The highest BCUT2D eigenvalue weighted by Gasteiger charge is 1.92. The number of aliphatic carboxylic acids is 2. The van der Waals surface area contributed by atoms with Crippen LogP contribution in [0.3, 0.4) is 0 Å². The van der Waals surface area contributed by atoms with Crippen LogP contribution in [0, 0.1) is 0 Å². The van der Waals surface area contributed by atoms with E-state index in [0.717, 1.165) is 5.56 Å². The van der Waals surface area contributed by atoms with Crippen LogP contribution in [0.2, 0.25) is 0 Å². The molecular formula is C15H13NO4. The molecule has 0 fully saturated rings. The van der Waals surface area contributed by atoms with Gasteiger partial charge in [-0.2, -0.15) is 0 Å². The number of benzene rings is 1. The summed E-state index contributed by atoms with van der Waals surface area (Å²) in [6.45, 7) is 0. The Morgan fingerprint density at radius 1 is 0.850 bits per heavy atom. The molecule has 5 heteroatoms. The molecule has 2 rings (SSSR count). The number of carbonyl (C=O) groups is 2. The molecule has 0 saturated carbocycles. The number of pyridine rings is 1. The Labute approximate surface area is 115 Å². The number of nitrogens with zero attached hydrogens (tertiary/aromatic N) is 1. The lowest BCUT2D eigenvalue weighted by Crippen LogP contribution is -1.91. The molecule has 102 valence electrons. The minimum atomic E-state index is -1.26. The van der Waals surface area contributed by atoms with Crippen molar-refractivity contribution >= 4 is 11.9 Å². The largest absolute Gasteiger partial charge is 0.478 e. The van der Waals surface area contributed by atoms with Gasteiger partial charge in [-0.15, -0.1) is 0 Å². The molecule has 0 unspecified atom stereocenters. The van der Waals surface area contributed by atoms with E-state index in [1.165, 1.54) is 5.56 Å². The zero-order valence-corrected chi connectivity index (χ0v) is 10.5. The smallest absolute Gasteiger partial charge is 0.328 e. The van der Waals surface area contributed by atoms with E-state index in [1.54, 1.807) is 6.20 Å². The van der Waals surface area contributed by atoms with Crippen LogP contribution in [0.1, 0.15) is 0 Å². The number of carboxylic acids is 2. The lowest BCUT2D eigenvalue weighted by molar-refractivity contribution is -0.134. The molecule has 0 aliphatic carbocycles. The van der Waals surface area contributed by atoms with E-state index < -0.39 is 11.9 Å². The van der Waals surface area contributed by atoms with Crippen LogP contribution in [-0.4, -0.2) is 27.1 Å². The average molecular weight is 271 g/mol. The molecule has 0 amide bonds. The fraction of sp³-hybridized carbons (Fsp3) is 0. The number of aromatic nitrogens is 1. The lowest BCUT2D eigenvalue weighted by atomic mass is 10.1. The van der Waals surface area contributed by atoms with Crippen LogP contribution >= 0.6 is 0 Å². The first-order valence-electron chi connectivity index (χ1n) is 5.69. The topological polar surface area (TPSA) is 87.5 Å². The molecule has 20 heavy (non-hydrogen) atoms. The second-order valence-electron chi connectivity index (χ2n) is 3.62. The molecule has 0 spiro atoms. The van der Waals surface area contributed by atoms with Crippen LogP contribution in [0.4, 0.5) is 0 Å². The molecule has 1 heterocycles. The summed E-state index contributed by atoms with van der Waals surface area (Å²) >= 11 is 0. The molecule has 1 aromatic carbocycles. The van der Waals surface area contributed by atoms with Gasteiger partial charge in [-0.3, -0.25) is 4.98 Å². The normalized spacial score (nSPS) is 9.60. The number of rotatable bonds is 3. The monoisotopic (exact) mass is 271 g/mol. The van der Waals surface area contributed by atoms with Gasteiger partial charge in [-0.05, 0) is 17.2 Å². The Kier molecular flexibility index (Phi) is 6.20. The van der Waals surface area contributed by atoms with Gasteiger partial charge in [0, 0.05) is 24.5 Å². The SMILES string of the molecule is O=C(O)/C=C\C(=O)O.c1ccc(-c2cccnc2)cc1. The highest BCUT2D eigenvalue weighted by atomic mass is 16.4. The number of carboxylic acid groups (broad SMARTS) is 2. The number of hydrogen-bond acceptors (Lipinski definition) is 3. The molecule has 0 atom stereocenters. The van der Waals surface area contributed by atoms with Gasteiger partial charge in [0.1, 0.15) is 0 Å². The van der Waals surface area contributed by atoms with Crippen molar-refractivity contribution in [3.8, 4) is 11.1 Å². The van der Waals surface area contributed by atoms with Crippen molar-refractivity contribution in [2.24, 2.45) is 0 Å². The van der Waals surface area contributed by atoms with E-state index in [9.17, 15) is 9.59 Å². The van der Waals surface area contributed by atoms with Gasteiger partial charge in [-0.1, -0.05) is 36.4 Å². The van der Waals surface area contributed by atoms with Gasteiger partial charge >= 0.3 is 11.9 Å². The maximum absolute atomic E-state index is 9.55. The molecule has 5 nitrogen and oxygen atoms in total. The third-order valence-corrected chi connectivity index (χ3v) is 2.14. The van der Waals surface area contributed by atoms with Crippen molar-refractivity contribution in [1.29, 1.82) is 0 Å². The summed E-state index contributed by atoms with van der Waals surface area (Å²) in [4.78, 5) is 23.2. The van der Waals surface area contributed by atoms with Crippen molar-refractivity contribution in [2.75, 3.05) is 0 Å². The lowest BCUT2D eigenvalue weighted by Gasteiger charge is -1.97. The summed E-state index contributed by atoms with van der Waals surface area (Å²) in [7, 11) is 0. The molecule has 0 radical (unpaired) electrons. The van der Waals surface area contributed by atoms with E-state index >= 15 is 0 Å². The highest BCUT2D eigenvalue weighted by Crippen LogP contribution is 2.16. The fourth-order valence-corrected chi connectivity index (χ4v) is 1.31. The molecule has 1 aromatic heterocycles. The minimum Gasteiger partial charge on any atom is -0.478 e. The van der Waals surface area contributed by atoms with E-state index in [1.807, 2.05) is 30.5 Å². The summed E-state index contributed by atoms with van der Waals surface area (Å²) in [6, 6.07) is 14.2. The molecule has 0 saturated heterocycles. The van der Waals surface area contributed by atoms with Gasteiger partial charge in [0.05, 0.1) is 0 Å². The first-order valence-corrected chi connectivity index (χ1v) is 5.69. The maximum Gasteiger partial charge on any atom is 0.328 e. The van der Waals surface area contributed by atoms with Gasteiger partial charge in [0.15, 0.2) is 0 Å². The molecule has 2 aromatic rings. The fourth-order valence-electron chi connectivity index (χ4n) is 1.31. The van der Waals surface area contributed by atoms with Crippen LogP contribution in [0.5, 0.6) is 0 Å². The predicted molar refractivity (Wildman–Crippen MR) is 74.1 cm³/mol. The van der Waals surface area contributed by atoms with E-state index in [0.29, 0.717) is 12.2 Å². The maximum atomic E-state index is 9.55. The number of hydrogen-bond donors (Lipinski definition) is 2. The molecule has 2 N–H and O–H groups in total. The third-order valence-electron chi connectivity index (χ3n) is 2.14. The summed E-state index contributed by atoms with van der Waals surface area (Å²) in [6.07, 6.45) is 4.77. The van der Waals surface area contributed by atoms with E-state index in [2.05, 4.69) is 23.2 Å². The highest BCUT2D eigenvalue weighted by molar-refractivity contribution is 5.89. The first-order chi connectivity index (χ1) is 9.59. The van der Waals surface area contributed by atoms with Crippen molar-refractivity contribution in [1.82, 2.24) is 4.98 Å². The second-order valence-corrected chi connectivity index (χ2v) is 3.62. The molecule has 0 bridgehead atoms. The predicted octanol–water partition coefficient (Wildman–Crippen LogP) is 2.46. The second kappa shape index (κ2) is 8.20. The van der Waals surface area contributed by atoms with Gasteiger partial charge in [0.25, 0.3) is 0 Å². The van der Waals surface area contributed by atoms with E-state index in [-0.39, 0.29) is 0 Å². The Hall–Kier alpha value is -2.95.